The third-order valence-electron chi connectivity index (χ3n) is 6.50. The molecule has 10 heteroatoms. The first-order valence-corrected chi connectivity index (χ1v) is 12.0. The van der Waals surface area contributed by atoms with E-state index in [9.17, 15) is 9.59 Å². The van der Waals surface area contributed by atoms with E-state index in [0.717, 1.165) is 37.2 Å². The lowest BCUT2D eigenvalue weighted by Gasteiger charge is -2.37. The second-order valence-electron chi connectivity index (χ2n) is 9.02. The van der Waals surface area contributed by atoms with Crippen LogP contribution >= 0.6 is 12.2 Å². The Balaban J connectivity index is 1.13. The van der Waals surface area contributed by atoms with E-state index >= 15 is 0 Å². The van der Waals surface area contributed by atoms with Crippen molar-refractivity contribution in [3.63, 3.8) is 0 Å². The zero-order chi connectivity index (χ0) is 22.8. The maximum absolute atomic E-state index is 12.4. The Hall–Kier alpha value is -2.98. The quantitative estimate of drug-likeness (QED) is 0.453. The molecule has 2 aromatic rings. The lowest BCUT2D eigenvalue weighted by atomic mass is 10.0. The van der Waals surface area contributed by atoms with Crippen LogP contribution in [0.1, 0.15) is 32.1 Å². The highest BCUT2D eigenvalue weighted by Crippen LogP contribution is 2.26. The van der Waals surface area contributed by atoms with Crippen LogP contribution in [-0.4, -0.2) is 68.9 Å². The first kappa shape index (κ1) is 21.8. The van der Waals surface area contributed by atoms with Crippen molar-refractivity contribution in [3.05, 3.63) is 42.7 Å². The van der Waals surface area contributed by atoms with Crippen LogP contribution in [0.4, 0.5) is 5.69 Å². The van der Waals surface area contributed by atoms with Crippen LogP contribution in [0.25, 0.3) is 5.69 Å². The molecule has 2 aliphatic heterocycles. The number of hydrogen-bond acceptors (Lipinski definition) is 5. The SMILES string of the molecule is O=C(CC[C@@H]1CNC(=O)[C@@H]2C[C@@H](NC(=S)Nc3ccc(-n4cccn4)cc3)CN12)NC1CC1. The average molecular weight is 468 g/mol. The van der Waals surface area contributed by atoms with Gasteiger partial charge in [0.15, 0.2) is 5.11 Å². The highest BCUT2D eigenvalue weighted by Gasteiger charge is 2.43. The highest BCUT2D eigenvalue weighted by atomic mass is 32.1. The normalized spacial score (nSPS) is 24.6. The molecule has 33 heavy (non-hydrogen) atoms. The molecule has 0 unspecified atom stereocenters. The van der Waals surface area contributed by atoms with Gasteiger partial charge in [-0.3, -0.25) is 14.5 Å². The predicted octanol–water partition coefficient (Wildman–Crippen LogP) is 1.16. The molecule has 1 aromatic carbocycles. The fraction of sp³-hybridized carbons (Fsp3) is 0.478. The smallest absolute Gasteiger partial charge is 0.237 e. The Morgan fingerprint density at radius 3 is 2.73 bits per heavy atom. The summed E-state index contributed by atoms with van der Waals surface area (Å²) in [5.74, 6) is 0.176. The topological polar surface area (TPSA) is 103 Å². The molecular weight excluding hydrogens is 438 g/mol. The van der Waals surface area contributed by atoms with Crippen molar-refractivity contribution < 1.29 is 9.59 Å². The van der Waals surface area contributed by atoms with Gasteiger partial charge < -0.3 is 21.3 Å². The lowest BCUT2D eigenvalue weighted by Crippen LogP contribution is -2.58. The van der Waals surface area contributed by atoms with Gasteiger partial charge in [0.25, 0.3) is 0 Å². The Morgan fingerprint density at radius 1 is 1.18 bits per heavy atom. The van der Waals surface area contributed by atoms with Crippen LogP contribution in [0, 0.1) is 0 Å². The van der Waals surface area contributed by atoms with Gasteiger partial charge in [0.05, 0.1) is 11.7 Å². The number of thiocarbonyl (C=S) groups is 1. The number of carbonyl (C=O) groups is 2. The Labute approximate surface area is 198 Å². The minimum absolute atomic E-state index is 0.0612. The fourth-order valence-corrected chi connectivity index (χ4v) is 4.93. The molecule has 0 spiro atoms. The molecule has 174 valence electrons. The molecule has 2 amide bonds. The van der Waals surface area contributed by atoms with Gasteiger partial charge in [0, 0.05) is 55.7 Å². The van der Waals surface area contributed by atoms with E-state index in [0.29, 0.717) is 30.5 Å². The predicted molar refractivity (Wildman–Crippen MR) is 129 cm³/mol. The molecule has 3 atom stereocenters. The summed E-state index contributed by atoms with van der Waals surface area (Å²) in [4.78, 5) is 26.8. The summed E-state index contributed by atoms with van der Waals surface area (Å²) in [6, 6.07) is 10.2. The van der Waals surface area contributed by atoms with Gasteiger partial charge in [0.2, 0.25) is 11.8 Å². The second kappa shape index (κ2) is 9.48. The molecule has 1 aromatic heterocycles. The number of carbonyl (C=O) groups excluding carboxylic acids is 2. The van der Waals surface area contributed by atoms with Crippen molar-refractivity contribution in [2.24, 2.45) is 0 Å². The number of rotatable bonds is 7. The number of hydrogen-bond donors (Lipinski definition) is 4. The molecule has 3 heterocycles. The van der Waals surface area contributed by atoms with Gasteiger partial charge in [-0.15, -0.1) is 0 Å². The van der Waals surface area contributed by atoms with Crippen molar-refractivity contribution in [2.75, 3.05) is 18.4 Å². The first-order valence-electron chi connectivity index (χ1n) is 11.6. The third kappa shape index (κ3) is 5.33. The highest BCUT2D eigenvalue weighted by molar-refractivity contribution is 7.80. The largest absolute Gasteiger partial charge is 0.358 e. The third-order valence-corrected chi connectivity index (χ3v) is 6.72. The van der Waals surface area contributed by atoms with Crippen molar-refractivity contribution in [1.82, 2.24) is 30.6 Å². The summed E-state index contributed by atoms with van der Waals surface area (Å²) in [7, 11) is 0. The van der Waals surface area contributed by atoms with Gasteiger partial charge in [-0.05, 0) is 68.2 Å². The van der Waals surface area contributed by atoms with Crippen molar-refractivity contribution in [1.29, 1.82) is 0 Å². The van der Waals surface area contributed by atoms with Gasteiger partial charge in [-0.25, -0.2) is 4.68 Å². The van der Waals surface area contributed by atoms with E-state index in [1.54, 1.807) is 10.9 Å². The summed E-state index contributed by atoms with van der Waals surface area (Å²) in [6.45, 7) is 1.32. The number of aromatic nitrogens is 2. The van der Waals surface area contributed by atoms with Crippen molar-refractivity contribution >= 4 is 34.8 Å². The number of nitrogens with zero attached hydrogens (tertiary/aromatic N) is 3. The minimum atomic E-state index is -0.177. The molecule has 2 saturated heterocycles. The van der Waals surface area contributed by atoms with Gasteiger partial charge in [0.1, 0.15) is 0 Å². The molecule has 9 nitrogen and oxygen atoms in total. The van der Waals surface area contributed by atoms with Crippen LogP contribution in [0.3, 0.4) is 0 Å². The number of piperazine rings is 1. The summed E-state index contributed by atoms with van der Waals surface area (Å²) in [5.41, 5.74) is 1.86. The fourth-order valence-electron chi connectivity index (χ4n) is 4.65. The average Bonchev–Trinajstić information content (AvgIpc) is 3.26. The van der Waals surface area contributed by atoms with Crippen LogP contribution < -0.4 is 21.3 Å². The molecule has 0 radical (unpaired) electrons. The molecule has 4 N–H and O–H groups in total. The van der Waals surface area contributed by atoms with E-state index in [1.165, 1.54) is 0 Å². The van der Waals surface area contributed by atoms with E-state index in [4.69, 9.17) is 12.2 Å². The summed E-state index contributed by atoms with van der Waals surface area (Å²) >= 11 is 5.53. The van der Waals surface area contributed by atoms with Gasteiger partial charge >= 0.3 is 0 Å². The number of anilines is 1. The summed E-state index contributed by atoms with van der Waals surface area (Å²) < 4.78 is 1.80. The zero-order valence-corrected chi connectivity index (χ0v) is 19.2. The molecule has 3 aliphatic rings. The molecule has 5 rings (SSSR count). The van der Waals surface area contributed by atoms with Crippen LogP contribution in [0.15, 0.2) is 42.7 Å². The van der Waals surface area contributed by atoms with E-state index in [2.05, 4.69) is 31.3 Å². The maximum Gasteiger partial charge on any atom is 0.237 e. The Kier molecular flexibility index (Phi) is 6.28. The van der Waals surface area contributed by atoms with Gasteiger partial charge in [-0.2, -0.15) is 5.10 Å². The Morgan fingerprint density at radius 2 is 2.00 bits per heavy atom. The van der Waals surface area contributed by atoms with Crippen LogP contribution in [0.2, 0.25) is 0 Å². The number of nitrogens with one attached hydrogen (secondary N) is 4. The number of fused-ring (bicyclic) bond motifs is 1. The molecule has 1 aliphatic carbocycles. The van der Waals surface area contributed by atoms with Crippen LogP contribution in [-0.2, 0) is 9.59 Å². The summed E-state index contributed by atoms with van der Waals surface area (Å²) in [6.07, 6.45) is 7.75. The monoisotopic (exact) mass is 467 g/mol. The lowest BCUT2D eigenvalue weighted by molar-refractivity contribution is -0.129. The van der Waals surface area contributed by atoms with Crippen molar-refractivity contribution in [2.45, 2.75) is 56.3 Å². The zero-order valence-electron chi connectivity index (χ0n) is 18.4. The van der Waals surface area contributed by atoms with E-state index in [-0.39, 0.29) is 29.9 Å². The standard InChI is InChI=1S/C23H29N7O2S/c31-21(26-15-2-3-15)9-8-19-13-24-22(32)20-12-17(14-29(19)20)28-23(33)27-16-4-6-18(7-5-16)30-11-1-10-25-30/h1,4-7,10-11,15,17,19-20H,2-3,8-9,12-14H2,(H,24,32)(H,26,31)(H2,27,28,33)/t17-,19-,20+/m1/s1. The van der Waals surface area contributed by atoms with Gasteiger partial charge in [-0.1, -0.05) is 0 Å². The van der Waals surface area contributed by atoms with E-state index < -0.39 is 0 Å². The maximum atomic E-state index is 12.4. The summed E-state index contributed by atoms with van der Waals surface area (Å²) in [5, 5.41) is 17.4. The molecule has 1 saturated carbocycles. The molecular formula is C23H29N7O2S. The number of amides is 2. The molecule has 0 bridgehead atoms. The molecule has 3 fully saturated rings. The van der Waals surface area contributed by atoms with Crippen LogP contribution in [0.5, 0.6) is 0 Å². The van der Waals surface area contributed by atoms with Crippen molar-refractivity contribution in [3.8, 4) is 5.69 Å². The minimum Gasteiger partial charge on any atom is -0.358 e. The number of benzene rings is 1. The van der Waals surface area contributed by atoms with E-state index in [1.807, 2.05) is 36.5 Å². The Bertz CT molecular complexity index is 1010. The second-order valence-corrected chi connectivity index (χ2v) is 9.43. The first-order chi connectivity index (χ1) is 16.0.